The molecule has 5 aromatic rings. The van der Waals surface area contributed by atoms with E-state index < -0.39 is 0 Å². The lowest BCUT2D eigenvalue weighted by molar-refractivity contribution is 0.248. The highest BCUT2D eigenvalue weighted by molar-refractivity contribution is 5.88. The molecule has 0 saturated carbocycles. The van der Waals surface area contributed by atoms with Gasteiger partial charge in [0.05, 0.1) is 11.4 Å². The van der Waals surface area contributed by atoms with Crippen LogP contribution in [0.5, 0.6) is 17.2 Å². The van der Waals surface area contributed by atoms with Crippen molar-refractivity contribution in [2.45, 2.75) is 39.2 Å². The van der Waals surface area contributed by atoms with Crippen LogP contribution in [0.1, 0.15) is 41.4 Å². The molecule has 2 aromatic carbocycles. The second-order valence-electron chi connectivity index (χ2n) is 10.4. The minimum Gasteiger partial charge on any atom is -0.489 e. The number of aromatic nitrogens is 6. The molecule has 6 rings (SSSR count). The number of hydrogen-bond donors (Lipinski definition) is 1. The minimum atomic E-state index is 0.302. The number of aryl methyl sites for hydroxylation is 2. The Morgan fingerprint density at radius 3 is 2.50 bits per heavy atom. The van der Waals surface area contributed by atoms with E-state index in [1.807, 2.05) is 61.0 Å². The summed E-state index contributed by atoms with van der Waals surface area (Å²) in [5.41, 5.74) is 11.7. The fourth-order valence-corrected chi connectivity index (χ4v) is 5.15. The van der Waals surface area contributed by atoms with E-state index in [9.17, 15) is 0 Å². The number of likely N-dealkylation sites (N-methyl/N-ethyl adjacent to an activating group) is 1. The average molecular weight is 537 g/mol. The van der Waals surface area contributed by atoms with Crippen LogP contribution < -0.4 is 15.2 Å². The van der Waals surface area contributed by atoms with Gasteiger partial charge in [0.2, 0.25) is 0 Å². The van der Waals surface area contributed by atoms with Gasteiger partial charge in [0.1, 0.15) is 47.0 Å². The predicted molar refractivity (Wildman–Crippen MR) is 153 cm³/mol. The molecule has 1 aliphatic heterocycles. The van der Waals surface area contributed by atoms with Gasteiger partial charge >= 0.3 is 0 Å². The number of anilines is 1. The molecule has 1 aliphatic rings. The van der Waals surface area contributed by atoms with E-state index in [2.05, 4.69) is 31.9 Å². The smallest absolute Gasteiger partial charge is 0.153 e. The molecule has 0 bridgehead atoms. The molecule has 10 nitrogen and oxygen atoms in total. The number of benzene rings is 2. The van der Waals surface area contributed by atoms with Gasteiger partial charge in [0.25, 0.3) is 0 Å². The van der Waals surface area contributed by atoms with Crippen LogP contribution in [0.4, 0.5) is 5.82 Å². The number of fused-ring (bicyclic) bond motifs is 1. The van der Waals surface area contributed by atoms with Crippen molar-refractivity contribution in [3.8, 4) is 22.9 Å². The molecule has 0 aliphatic carbocycles. The van der Waals surface area contributed by atoms with E-state index in [1.54, 1.807) is 12.4 Å². The summed E-state index contributed by atoms with van der Waals surface area (Å²) in [6.07, 6.45) is 7.28. The minimum absolute atomic E-state index is 0.302. The zero-order chi connectivity index (χ0) is 27.6. The molecule has 2 N–H and O–H groups in total. The molecule has 0 spiro atoms. The SMILES string of the molecule is Cc1cc(OCc2cnc(C)nc2)cc(Oc2ccc(-n3nc([C@@H]4CCCN(C)C4)c4ncnc(N)c43)cc2)c1. The van der Waals surface area contributed by atoms with Crippen molar-refractivity contribution in [2.75, 3.05) is 25.9 Å². The van der Waals surface area contributed by atoms with Gasteiger partial charge in [-0.25, -0.2) is 24.6 Å². The molecule has 10 heteroatoms. The second-order valence-corrected chi connectivity index (χ2v) is 10.4. The standard InChI is InChI=1S/C30H32N8O2/c1-19-11-25(39-17-21-14-32-20(2)33-15-21)13-26(12-19)40-24-8-6-23(7-9-24)38-29-28(34-18-35-30(29)31)27(36-38)22-5-4-10-37(3)16-22/h6-9,11-15,18,22H,4-5,10,16-17H2,1-3H3,(H2,31,34,35)/t22-/m1/s1. The third-order valence-electron chi connectivity index (χ3n) is 7.11. The Balaban J connectivity index is 1.22. The summed E-state index contributed by atoms with van der Waals surface area (Å²) in [5, 5.41) is 5.01. The highest BCUT2D eigenvalue weighted by Gasteiger charge is 2.26. The lowest BCUT2D eigenvalue weighted by atomic mass is 9.94. The Bertz CT molecular complexity index is 1630. The molecule has 204 valence electrons. The summed E-state index contributed by atoms with van der Waals surface area (Å²) in [7, 11) is 2.15. The molecule has 1 atom stereocenters. The third-order valence-corrected chi connectivity index (χ3v) is 7.11. The largest absolute Gasteiger partial charge is 0.489 e. The number of nitrogens with two attached hydrogens (primary N) is 1. The van der Waals surface area contributed by atoms with Gasteiger partial charge in [-0.2, -0.15) is 5.10 Å². The van der Waals surface area contributed by atoms with Crippen LogP contribution in [-0.2, 0) is 6.61 Å². The van der Waals surface area contributed by atoms with Gasteiger partial charge in [-0.3, -0.25) is 0 Å². The summed E-state index contributed by atoms with van der Waals surface area (Å²) in [6.45, 7) is 6.29. The molecular weight excluding hydrogens is 504 g/mol. The summed E-state index contributed by atoms with van der Waals surface area (Å²) in [4.78, 5) is 19.6. The number of nitrogens with zero attached hydrogens (tertiary/aromatic N) is 7. The van der Waals surface area contributed by atoms with Crippen LogP contribution in [-0.4, -0.2) is 54.8 Å². The number of hydrogen-bond acceptors (Lipinski definition) is 9. The number of ether oxygens (including phenoxy) is 2. The number of piperidine rings is 1. The van der Waals surface area contributed by atoms with Gasteiger partial charge in [-0.15, -0.1) is 0 Å². The Labute approximate surface area is 232 Å². The lowest BCUT2D eigenvalue weighted by Gasteiger charge is -2.28. The van der Waals surface area contributed by atoms with Gasteiger partial charge in [0, 0.05) is 36.5 Å². The fourth-order valence-electron chi connectivity index (χ4n) is 5.15. The maximum Gasteiger partial charge on any atom is 0.153 e. The van der Waals surface area contributed by atoms with Crippen molar-refractivity contribution in [3.05, 3.63) is 83.8 Å². The maximum atomic E-state index is 6.33. The van der Waals surface area contributed by atoms with Crippen LogP contribution in [0.3, 0.4) is 0 Å². The number of rotatable bonds is 7. The van der Waals surface area contributed by atoms with Crippen molar-refractivity contribution in [2.24, 2.45) is 0 Å². The number of likely N-dealkylation sites (tertiary alicyclic amines) is 1. The van der Waals surface area contributed by atoms with Crippen molar-refractivity contribution in [3.63, 3.8) is 0 Å². The molecule has 4 heterocycles. The zero-order valence-electron chi connectivity index (χ0n) is 22.9. The zero-order valence-corrected chi connectivity index (χ0v) is 22.9. The third kappa shape index (κ3) is 5.43. The van der Waals surface area contributed by atoms with E-state index in [4.69, 9.17) is 20.3 Å². The van der Waals surface area contributed by atoms with Crippen molar-refractivity contribution >= 4 is 16.9 Å². The molecule has 3 aromatic heterocycles. The van der Waals surface area contributed by atoms with E-state index in [1.165, 1.54) is 6.33 Å². The monoisotopic (exact) mass is 536 g/mol. The molecule has 40 heavy (non-hydrogen) atoms. The van der Waals surface area contributed by atoms with Crippen LogP contribution in [0, 0.1) is 13.8 Å². The van der Waals surface area contributed by atoms with E-state index in [0.717, 1.165) is 65.3 Å². The summed E-state index contributed by atoms with van der Waals surface area (Å²) >= 11 is 0. The Hall–Kier alpha value is -4.57. The molecule has 0 unspecified atom stereocenters. The first-order chi connectivity index (χ1) is 19.4. The van der Waals surface area contributed by atoms with E-state index >= 15 is 0 Å². The van der Waals surface area contributed by atoms with Crippen LogP contribution in [0.15, 0.2) is 61.2 Å². The predicted octanol–water partition coefficient (Wildman–Crippen LogP) is 4.99. The van der Waals surface area contributed by atoms with Crippen molar-refractivity contribution in [1.82, 2.24) is 34.6 Å². The first-order valence-electron chi connectivity index (χ1n) is 13.4. The van der Waals surface area contributed by atoms with Gasteiger partial charge in [-0.05, 0) is 82.2 Å². The van der Waals surface area contributed by atoms with Gasteiger partial charge in [0.15, 0.2) is 5.82 Å². The fraction of sp³-hybridized carbons (Fsp3) is 0.300. The first-order valence-corrected chi connectivity index (χ1v) is 13.4. The first kappa shape index (κ1) is 25.7. The molecule has 1 saturated heterocycles. The van der Waals surface area contributed by atoms with Gasteiger partial charge < -0.3 is 20.1 Å². The highest BCUT2D eigenvalue weighted by Crippen LogP contribution is 2.34. The molecule has 0 radical (unpaired) electrons. The van der Waals surface area contributed by atoms with E-state index in [-0.39, 0.29) is 0 Å². The second kappa shape index (κ2) is 10.9. The van der Waals surface area contributed by atoms with Crippen LogP contribution in [0.25, 0.3) is 16.7 Å². The molecule has 1 fully saturated rings. The summed E-state index contributed by atoms with van der Waals surface area (Å²) in [5.74, 6) is 3.55. The van der Waals surface area contributed by atoms with Crippen molar-refractivity contribution < 1.29 is 9.47 Å². The Kier molecular flexibility index (Phi) is 7.00. The summed E-state index contributed by atoms with van der Waals surface area (Å²) in [6, 6.07) is 13.6. The topological polar surface area (TPSA) is 117 Å². The van der Waals surface area contributed by atoms with Crippen LogP contribution in [0.2, 0.25) is 0 Å². The van der Waals surface area contributed by atoms with Crippen LogP contribution >= 0.6 is 0 Å². The molecule has 0 amide bonds. The normalized spacial score (nSPS) is 15.8. The average Bonchev–Trinajstić information content (AvgIpc) is 3.34. The number of nitrogen functional groups attached to an aromatic ring is 1. The lowest BCUT2D eigenvalue weighted by Crippen LogP contribution is -2.31. The quantitative estimate of drug-likeness (QED) is 0.307. The highest BCUT2D eigenvalue weighted by atomic mass is 16.5. The molecular formula is C30H32N8O2. The summed E-state index contributed by atoms with van der Waals surface area (Å²) < 4.78 is 14.0. The maximum absolute atomic E-state index is 6.33. The van der Waals surface area contributed by atoms with Gasteiger partial charge in [-0.1, -0.05) is 0 Å². The Morgan fingerprint density at radius 1 is 0.950 bits per heavy atom. The van der Waals surface area contributed by atoms with E-state index in [0.29, 0.717) is 35.6 Å². The van der Waals surface area contributed by atoms with Crippen molar-refractivity contribution in [1.29, 1.82) is 0 Å². The Morgan fingerprint density at radius 2 is 1.73 bits per heavy atom.